The Morgan fingerprint density at radius 2 is 1.75 bits per heavy atom. The molecule has 5 heteroatoms. The van der Waals surface area contributed by atoms with Gasteiger partial charge < -0.3 is 9.84 Å². The van der Waals surface area contributed by atoms with Gasteiger partial charge in [-0.3, -0.25) is 10.1 Å². The predicted molar refractivity (Wildman–Crippen MR) is 91.0 cm³/mol. The van der Waals surface area contributed by atoms with Crippen molar-refractivity contribution < 1.29 is 14.8 Å². The standard InChI is InChI=1S/C19H15NO4/c21-17-9-10-18(15-7-4-8-16(11-15)20(22)23)19(12-17)24-13-14-5-2-1-3-6-14/h1-12,21H,13H2. The molecular weight excluding hydrogens is 306 g/mol. The zero-order valence-corrected chi connectivity index (χ0v) is 12.8. The third-order valence-electron chi connectivity index (χ3n) is 3.57. The fourth-order valence-corrected chi connectivity index (χ4v) is 2.39. The molecule has 0 saturated heterocycles. The molecule has 0 spiro atoms. The highest BCUT2D eigenvalue weighted by Gasteiger charge is 2.12. The van der Waals surface area contributed by atoms with E-state index in [1.165, 1.54) is 24.3 Å². The zero-order chi connectivity index (χ0) is 16.9. The summed E-state index contributed by atoms with van der Waals surface area (Å²) < 4.78 is 5.83. The Morgan fingerprint density at radius 3 is 2.50 bits per heavy atom. The van der Waals surface area contributed by atoms with Crippen molar-refractivity contribution in [2.45, 2.75) is 6.61 Å². The van der Waals surface area contributed by atoms with Gasteiger partial charge in [-0.25, -0.2) is 0 Å². The molecule has 0 aliphatic heterocycles. The lowest BCUT2D eigenvalue weighted by Crippen LogP contribution is -1.97. The van der Waals surface area contributed by atoms with Crippen LogP contribution in [-0.4, -0.2) is 10.0 Å². The average molecular weight is 321 g/mol. The number of aromatic hydroxyl groups is 1. The van der Waals surface area contributed by atoms with Gasteiger partial charge in [0.2, 0.25) is 0 Å². The van der Waals surface area contributed by atoms with Gasteiger partial charge in [0.15, 0.2) is 0 Å². The summed E-state index contributed by atoms with van der Waals surface area (Å²) in [6, 6.07) is 20.7. The maximum atomic E-state index is 11.0. The number of hydrogen-bond acceptors (Lipinski definition) is 4. The van der Waals surface area contributed by atoms with Gasteiger partial charge in [0.05, 0.1) is 4.92 Å². The SMILES string of the molecule is O=[N+]([O-])c1cccc(-c2ccc(O)cc2OCc2ccccc2)c1. The van der Waals surface area contributed by atoms with E-state index in [4.69, 9.17) is 4.74 Å². The van der Waals surface area contributed by atoms with Crippen LogP contribution in [0.4, 0.5) is 5.69 Å². The fourth-order valence-electron chi connectivity index (χ4n) is 2.39. The molecule has 5 nitrogen and oxygen atoms in total. The van der Waals surface area contributed by atoms with Crippen LogP contribution in [0.1, 0.15) is 5.56 Å². The summed E-state index contributed by atoms with van der Waals surface area (Å²) >= 11 is 0. The number of nitro benzene ring substituents is 1. The summed E-state index contributed by atoms with van der Waals surface area (Å²) in [7, 11) is 0. The van der Waals surface area contributed by atoms with Crippen molar-refractivity contribution in [3.05, 3.63) is 88.5 Å². The summed E-state index contributed by atoms with van der Waals surface area (Å²) in [5.41, 5.74) is 2.35. The highest BCUT2D eigenvalue weighted by molar-refractivity contribution is 5.73. The third-order valence-corrected chi connectivity index (χ3v) is 3.57. The minimum atomic E-state index is -0.436. The van der Waals surface area contributed by atoms with E-state index in [1.54, 1.807) is 18.2 Å². The molecule has 3 rings (SSSR count). The highest BCUT2D eigenvalue weighted by atomic mass is 16.6. The molecule has 3 aromatic carbocycles. The summed E-state index contributed by atoms with van der Waals surface area (Å²) in [6.07, 6.45) is 0. The second kappa shape index (κ2) is 6.83. The summed E-state index contributed by atoms with van der Waals surface area (Å²) in [5.74, 6) is 0.548. The van der Waals surface area contributed by atoms with Gasteiger partial charge in [0.1, 0.15) is 18.1 Å². The van der Waals surface area contributed by atoms with Crippen molar-refractivity contribution in [3.63, 3.8) is 0 Å². The van der Waals surface area contributed by atoms with Crippen molar-refractivity contribution in [1.82, 2.24) is 0 Å². The van der Waals surface area contributed by atoms with Crippen molar-refractivity contribution in [3.8, 4) is 22.6 Å². The smallest absolute Gasteiger partial charge is 0.270 e. The summed E-state index contributed by atoms with van der Waals surface area (Å²) in [4.78, 5) is 10.5. The Balaban J connectivity index is 1.93. The molecule has 1 N–H and O–H groups in total. The van der Waals surface area contributed by atoms with Crippen LogP contribution in [0.2, 0.25) is 0 Å². The first-order valence-corrected chi connectivity index (χ1v) is 7.38. The van der Waals surface area contributed by atoms with E-state index in [0.717, 1.165) is 5.56 Å². The first-order valence-electron chi connectivity index (χ1n) is 7.38. The van der Waals surface area contributed by atoms with Crippen molar-refractivity contribution in [2.24, 2.45) is 0 Å². The molecule has 0 aromatic heterocycles. The molecule has 0 radical (unpaired) electrons. The fraction of sp³-hybridized carbons (Fsp3) is 0.0526. The summed E-state index contributed by atoms with van der Waals surface area (Å²) in [5, 5.41) is 20.7. The number of nitro groups is 1. The molecule has 0 heterocycles. The molecule has 120 valence electrons. The van der Waals surface area contributed by atoms with Crippen LogP contribution in [0.15, 0.2) is 72.8 Å². The van der Waals surface area contributed by atoms with E-state index < -0.39 is 4.92 Å². The van der Waals surface area contributed by atoms with Crippen LogP contribution >= 0.6 is 0 Å². The van der Waals surface area contributed by atoms with E-state index in [9.17, 15) is 15.2 Å². The average Bonchev–Trinajstić information content (AvgIpc) is 2.61. The van der Waals surface area contributed by atoms with Gasteiger partial charge in [0, 0.05) is 23.8 Å². The largest absolute Gasteiger partial charge is 0.508 e. The molecule has 0 unspecified atom stereocenters. The predicted octanol–water partition coefficient (Wildman–Crippen LogP) is 4.55. The van der Waals surface area contributed by atoms with Gasteiger partial charge in [-0.2, -0.15) is 0 Å². The van der Waals surface area contributed by atoms with Gasteiger partial charge >= 0.3 is 0 Å². The maximum absolute atomic E-state index is 11.0. The molecule has 0 aliphatic carbocycles. The normalized spacial score (nSPS) is 10.3. The monoisotopic (exact) mass is 321 g/mol. The molecule has 0 aliphatic rings. The van der Waals surface area contributed by atoms with E-state index in [1.807, 2.05) is 30.3 Å². The number of rotatable bonds is 5. The Morgan fingerprint density at radius 1 is 0.958 bits per heavy atom. The van der Waals surface area contributed by atoms with Crippen LogP contribution < -0.4 is 4.74 Å². The second-order valence-electron chi connectivity index (χ2n) is 5.26. The third kappa shape index (κ3) is 3.52. The quantitative estimate of drug-likeness (QED) is 0.553. The Kier molecular flexibility index (Phi) is 4.43. The zero-order valence-electron chi connectivity index (χ0n) is 12.8. The summed E-state index contributed by atoms with van der Waals surface area (Å²) in [6.45, 7) is 0.340. The van der Waals surface area contributed by atoms with Crippen LogP contribution in [0.25, 0.3) is 11.1 Å². The molecular formula is C19H15NO4. The van der Waals surface area contributed by atoms with Crippen LogP contribution in [-0.2, 0) is 6.61 Å². The number of ether oxygens (including phenoxy) is 1. The Bertz CT molecular complexity index is 862. The first kappa shape index (κ1) is 15.6. The van der Waals surface area contributed by atoms with Crippen LogP contribution in [0, 0.1) is 10.1 Å². The van der Waals surface area contributed by atoms with E-state index in [2.05, 4.69) is 0 Å². The number of nitrogens with zero attached hydrogens (tertiary/aromatic N) is 1. The van der Waals surface area contributed by atoms with E-state index >= 15 is 0 Å². The highest BCUT2D eigenvalue weighted by Crippen LogP contribution is 2.35. The molecule has 3 aromatic rings. The van der Waals surface area contributed by atoms with E-state index in [0.29, 0.717) is 23.5 Å². The molecule has 24 heavy (non-hydrogen) atoms. The maximum Gasteiger partial charge on any atom is 0.270 e. The lowest BCUT2D eigenvalue weighted by atomic mass is 10.0. The first-order chi connectivity index (χ1) is 11.6. The molecule has 0 amide bonds. The van der Waals surface area contributed by atoms with Gasteiger partial charge in [-0.15, -0.1) is 0 Å². The van der Waals surface area contributed by atoms with Gasteiger partial charge in [-0.1, -0.05) is 42.5 Å². The molecule has 0 saturated carbocycles. The molecule has 0 bridgehead atoms. The van der Waals surface area contributed by atoms with Crippen LogP contribution in [0.5, 0.6) is 11.5 Å². The number of phenols is 1. The molecule has 0 atom stereocenters. The van der Waals surface area contributed by atoms with Gasteiger partial charge in [-0.05, 0) is 23.3 Å². The Hall–Kier alpha value is -3.34. The second-order valence-corrected chi connectivity index (χ2v) is 5.26. The molecule has 0 fully saturated rings. The van der Waals surface area contributed by atoms with Gasteiger partial charge in [0.25, 0.3) is 5.69 Å². The van der Waals surface area contributed by atoms with E-state index in [-0.39, 0.29) is 11.4 Å². The topological polar surface area (TPSA) is 72.6 Å². The Labute approximate surface area is 138 Å². The number of non-ortho nitro benzene ring substituents is 1. The lowest BCUT2D eigenvalue weighted by molar-refractivity contribution is -0.384. The number of phenolic OH excluding ortho intramolecular Hbond substituents is 1. The number of benzene rings is 3. The van der Waals surface area contributed by atoms with Crippen molar-refractivity contribution in [2.75, 3.05) is 0 Å². The number of hydrogen-bond donors (Lipinski definition) is 1. The van der Waals surface area contributed by atoms with Crippen molar-refractivity contribution in [1.29, 1.82) is 0 Å². The van der Waals surface area contributed by atoms with Crippen LogP contribution in [0.3, 0.4) is 0 Å². The minimum absolute atomic E-state index is 0.00887. The lowest BCUT2D eigenvalue weighted by Gasteiger charge is -2.12. The minimum Gasteiger partial charge on any atom is -0.508 e. The van der Waals surface area contributed by atoms with Crippen molar-refractivity contribution >= 4 is 5.69 Å².